The molecule has 0 aliphatic carbocycles. The van der Waals surface area contributed by atoms with E-state index < -0.39 is 32.1 Å². The third kappa shape index (κ3) is 15.9. The quantitative estimate of drug-likeness (QED) is 0.238. The molecule has 36 heavy (non-hydrogen) atoms. The molecule has 2 aromatic rings. The van der Waals surface area contributed by atoms with Crippen molar-refractivity contribution in [1.82, 2.24) is 0 Å². The number of rotatable bonds is 6. The Morgan fingerprint density at radius 1 is 0.833 bits per heavy atom. The number of hydrogen-bond acceptors (Lipinski definition) is 9. The van der Waals surface area contributed by atoms with Crippen LogP contribution in [-0.2, 0) is 20.0 Å². The van der Waals surface area contributed by atoms with Crippen LogP contribution in [0.15, 0.2) is 48.5 Å². The van der Waals surface area contributed by atoms with Crippen LogP contribution in [0.25, 0.3) is 0 Å². The largest absolute Gasteiger partial charge is 0.481 e. The Labute approximate surface area is 207 Å². The Morgan fingerprint density at radius 3 is 1.28 bits per heavy atom. The number of ketones is 1. The molecule has 4 N–H and O–H groups in total. The van der Waals surface area contributed by atoms with Crippen LogP contribution < -0.4 is 0 Å². The zero-order valence-electron chi connectivity index (χ0n) is 19.8. The molecular formula is C21H28N2O12S. The van der Waals surface area contributed by atoms with Gasteiger partial charge in [-0.3, -0.25) is 38.9 Å². The number of aliphatic carboxylic acids is 1. The van der Waals surface area contributed by atoms with Gasteiger partial charge < -0.3 is 10.2 Å². The first-order valence-corrected chi connectivity index (χ1v) is 11.4. The molecule has 15 heteroatoms. The minimum absolute atomic E-state index is 0.0358. The molecule has 0 fully saturated rings. The lowest BCUT2D eigenvalue weighted by molar-refractivity contribution is -0.385. The standard InChI is InChI=1S/C10H11NO3.C9H9NO4.C2H6O.H2O4S/c1-7(8(2)12)9-3-5-10(6-4-9)11(13)14;1-6(9(11)12)7-2-4-8(5-3-7)10(13)14;1-2-3;1-5(2,3)4/h3-7H,1-2H3;2-6H,1H3,(H,11,12);3H,2H2,1H3;(H2,1,2,3,4). The number of aliphatic hydroxyl groups excluding tert-OH is 1. The summed E-state index contributed by atoms with van der Waals surface area (Å²) in [4.78, 5) is 41.3. The monoisotopic (exact) mass is 532 g/mol. The summed E-state index contributed by atoms with van der Waals surface area (Å²) in [6.45, 7) is 6.75. The predicted molar refractivity (Wildman–Crippen MR) is 128 cm³/mol. The van der Waals surface area contributed by atoms with Crippen molar-refractivity contribution in [3.63, 3.8) is 0 Å². The summed E-state index contributed by atoms with van der Waals surface area (Å²) in [5.74, 6) is -1.73. The van der Waals surface area contributed by atoms with Gasteiger partial charge in [0, 0.05) is 36.8 Å². The molecule has 0 amide bonds. The Morgan fingerprint density at radius 2 is 1.08 bits per heavy atom. The molecular weight excluding hydrogens is 504 g/mol. The molecule has 2 atom stereocenters. The van der Waals surface area contributed by atoms with E-state index >= 15 is 0 Å². The molecule has 0 aliphatic rings. The summed E-state index contributed by atoms with van der Waals surface area (Å²) in [7, 11) is -4.67. The van der Waals surface area contributed by atoms with Gasteiger partial charge >= 0.3 is 16.4 Å². The first kappa shape index (κ1) is 34.4. The van der Waals surface area contributed by atoms with Crippen LogP contribution in [-0.4, -0.2) is 55.9 Å². The summed E-state index contributed by atoms with van der Waals surface area (Å²) in [6, 6.07) is 11.6. The number of carboxylic acid groups (broad SMARTS) is 1. The van der Waals surface area contributed by atoms with E-state index in [1.165, 1.54) is 50.2 Å². The lowest BCUT2D eigenvalue weighted by Crippen LogP contribution is -2.07. The van der Waals surface area contributed by atoms with Crippen molar-refractivity contribution in [3.05, 3.63) is 79.9 Å². The van der Waals surface area contributed by atoms with E-state index in [0.29, 0.717) is 5.56 Å². The summed E-state index contributed by atoms with van der Waals surface area (Å²) >= 11 is 0. The van der Waals surface area contributed by atoms with Crippen LogP contribution in [0.1, 0.15) is 50.7 Å². The zero-order valence-corrected chi connectivity index (χ0v) is 20.7. The average molecular weight is 533 g/mol. The Kier molecular flexibility index (Phi) is 16.0. The zero-order chi connectivity index (χ0) is 28.6. The maximum absolute atomic E-state index is 11.0. The maximum Gasteiger partial charge on any atom is 0.394 e. The van der Waals surface area contributed by atoms with E-state index in [-0.39, 0.29) is 29.7 Å². The van der Waals surface area contributed by atoms with Gasteiger partial charge in [0.2, 0.25) is 0 Å². The second kappa shape index (κ2) is 16.8. The normalized spacial score (nSPS) is 11.5. The Hall–Kier alpha value is -3.79. The van der Waals surface area contributed by atoms with Crippen LogP contribution in [0.5, 0.6) is 0 Å². The molecule has 0 heterocycles. The fourth-order valence-corrected chi connectivity index (χ4v) is 2.15. The number of nitrogens with zero attached hydrogens (tertiary/aromatic N) is 2. The van der Waals surface area contributed by atoms with Gasteiger partial charge in [-0.2, -0.15) is 8.42 Å². The summed E-state index contributed by atoms with van der Waals surface area (Å²) < 4.78 is 31.6. The van der Waals surface area contributed by atoms with Crippen LogP contribution >= 0.6 is 0 Å². The van der Waals surface area contributed by atoms with Crippen molar-refractivity contribution >= 4 is 33.5 Å². The Balaban J connectivity index is 0. The number of nitro benzene ring substituents is 2. The van der Waals surface area contributed by atoms with Crippen molar-refractivity contribution < 1.29 is 47.2 Å². The molecule has 0 spiro atoms. The predicted octanol–water partition coefficient (Wildman–Crippen LogP) is 3.42. The molecule has 0 aromatic heterocycles. The third-order valence-corrected chi connectivity index (χ3v) is 4.19. The average Bonchev–Trinajstić information content (AvgIpc) is 2.78. The smallest absolute Gasteiger partial charge is 0.394 e. The van der Waals surface area contributed by atoms with E-state index in [9.17, 15) is 29.8 Å². The number of benzene rings is 2. The molecule has 0 saturated carbocycles. The fourth-order valence-electron chi connectivity index (χ4n) is 2.15. The van der Waals surface area contributed by atoms with Gasteiger partial charge in [0.25, 0.3) is 11.4 Å². The number of carboxylic acids is 1. The molecule has 0 radical (unpaired) electrons. The van der Waals surface area contributed by atoms with E-state index in [1.54, 1.807) is 26.0 Å². The van der Waals surface area contributed by atoms with Gasteiger partial charge in [-0.25, -0.2) is 0 Å². The maximum atomic E-state index is 11.0. The van der Waals surface area contributed by atoms with Gasteiger partial charge in [-0.05, 0) is 31.9 Å². The highest BCUT2D eigenvalue weighted by molar-refractivity contribution is 7.79. The van der Waals surface area contributed by atoms with Crippen molar-refractivity contribution in [2.45, 2.75) is 39.5 Å². The van der Waals surface area contributed by atoms with E-state index in [1.807, 2.05) is 0 Å². The highest BCUT2D eigenvalue weighted by Gasteiger charge is 2.14. The van der Waals surface area contributed by atoms with Crippen LogP contribution in [0.4, 0.5) is 11.4 Å². The molecule has 0 aliphatic heterocycles. The lowest BCUT2D eigenvalue weighted by atomic mass is 9.98. The number of nitro groups is 2. The minimum atomic E-state index is -4.67. The molecule has 2 rings (SSSR count). The van der Waals surface area contributed by atoms with E-state index in [0.717, 1.165) is 5.56 Å². The second-order valence-corrected chi connectivity index (χ2v) is 7.75. The van der Waals surface area contributed by atoms with Crippen molar-refractivity contribution in [1.29, 1.82) is 0 Å². The topological polar surface area (TPSA) is 235 Å². The van der Waals surface area contributed by atoms with Gasteiger partial charge in [0.15, 0.2) is 0 Å². The summed E-state index contributed by atoms with van der Waals surface area (Å²) in [6.07, 6.45) is 0. The first-order valence-electron chi connectivity index (χ1n) is 9.98. The van der Waals surface area contributed by atoms with Crippen molar-refractivity contribution in [2.24, 2.45) is 0 Å². The van der Waals surface area contributed by atoms with Crippen LogP contribution in [0.2, 0.25) is 0 Å². The van der Waals surface area contributed by atoms with Crippen molar-refractivity contribution in [3.8, 4) is 0 Å². The summed E-state index contributed by atoms with van der Waals surface area (Å²) in [5, 5.41) is 36.9. The number of hydrogen-bond donors (Lipinski definition) is 4. The molecule has 2 aromatic carbocycles. The number of Topliss-reactive ketones (excluding diaryl/α,β-unsaturated/α-hetero) is 1. The highest BCUT2D eigenvalue weighted by Crippen LogP contribution is 2.20. The number of carbonyl (C=O) groups is 2. The lowest BCUT2D eigenvalue weighted by Gasteiger charge is -2.06. The van der Waals surface area contributed by atoms with Gasteiger partial charge in [0.05, 0.1) is 15.8 Å². The number of aliphatic hydroxyl groups is 1. The van der Waals surface area contributed by atoms with Crippen LogP contribution in [0, 0.1) is 20.2 Å². The molecule has 200 valence electrons. The third-order valence-electron chi connectivity index (χ3n) is 4.19. The molecule has 2 unspecified atom stereocenters. The number of carbonyl (C=O) groups excluding carboxylic acids is 1. The van der Waals surface area contributed by atoms with E-state index in [4.69, 9.17) is 27.7 Å². The van der Waals surface area contributed by atoms with Crippen LogP contribution in [0.3, 0.4) is 0 Å². The van der Waals surface area contributed by atoms with Gasteiger partial charge in [0.1, 0.15) is 5.78 Å². The number of non-ortho nitro benzene ring substituents is 2. The molecule has 14 nitrogen and oxygen atoms in total. The summed E-state index contributed by atoms with van der Waals surface area (Å²) in [5.41, 5.74) is 1.38. The second-order valence-electron chi connectivity index (χ2n) is 6.85. The fraction of sp³-hybridized carbons (Fsp3) is 0.333. The van der Waals surface area contributed by atoms with E-state index in [2.05, 4.69) is 0 Å². The van der Waals surface area contributed by atoms with Crippen molar-refractivity contribution in [2.75, 3.05) is 6.61 Å². The SMILES string of the molecule is CC(=O)C(C)c1ccc([N+](=O)[O-])cc1.CC(C(=O)O)c1ccc([N+](=O)[O-])cc1.CCO.O=S(=O)(O)O. The van der Waals surface area contributed by atoms with Gasteiger partial charge in [-0.15, -0.1) is 0 Å². The molecule has 0 saturated heterocycles. The first-order chi connectivity index (χ1) is 16.5. The highest BCUT2D eigenvalue weighted by atomic mass is 32.3. The Bertz CT molecular complexity index is 1020. The minimum Gasteiger partial charge on any atom is -0.481 e. The molecule has 0 bridgehead atoms. The van der Waals surface area contributed by atoms with Gasteiger partial charge in [-0.1, -0.05) is 31.2 Å².